The van der Waals surface area contributed by atoms with E-state index in [0.717, 1.165) is 44.2 Å². The molecule has 0 radical (unpaired) electrons. The van der Waals surface area contributed by atoms with Crippen molar-refractivity contribution in [1.29, 1.82) is 0 Å². The monoisotopic (exact) mass is 468 g/mol. The van der Waals surface area contributed by atoms with Crippen molar-refractivity contribution < 1.29 is 28.2 Å². The number of nitrogens with zero attached hydrogens (tertiary/aromatic N) is 2. The molecule has 1 aromatic heterocycles. The zero-order valence-corrected chi connectivity index (χ0v) is 18.6. The number of aliphatic hydroxyl groups excluding tert-OH is 1. The zero-order valence-electron chi connectivity index (χ0n) is 17.8. The van der Waals surface area contributed by atoms with Crippen molar-refractivity contribution in [3.05, 3.63) is 52.0 Å². The number of amides is 1. The van der Waals surface area contributed by atoms with E-state index >= 15 is 0 Å². The smallest absolute Gasteiger partial charge is 0.395 e. The quantitative estimate of drug-likeness (QED) is 0.660. The molecule has 2 saturated carbocycles. The maximum absolute atomic E-state index is 13.3. The SMILES string of the molecule is C[C@](O)(c1ccc(C(=O)N(C2CC2)C2CCC(CO)(c3cscn3)CC2)cc1)C(F)(F)F. The minimum Gasteiger partial charge on any atom is -0.395 e. The Morgan fingerprint density at radius 1 is 1.16 bits per heavy atom. The highest BCUT2D eigenvalue weighted by Gasteiger charge is 2.51. The van der Waals surface area contributed by atoms with Crippen LogP contribution in [0.4, 0.5) is 13.2 Å². The minimum atomic E-state index is -4.81. The third kappa shape index (κ3) is 4.18. The van der Waals surface area contributed by atoms with Gasteiger partial charge in [0.1, 0.15) is 0 Å². The molecule has 0 unspecified atom stereocenters. The van der Waals surface area contributed by atoms with Gasteiger partial charge in [0.05, 0.1) is 17.8 Å². The molecule has 0 aliphatic heterocycles. The van der Waals surface area contributed by atoms with Crippen LogP contribution in [0.2, 0.25) is 0 Å². The number of carbonyl (C=O) groups is 1. The standard InChI is InChI=1S/C23H27F3N2O3S/c1-21(31,23(24,25)26)16-4-2-15(3-5-16)20(30)28(17-6-7-17)18-8-10-22(13-29,11-9-18)19-12-32-14-27-19/h2-5,12,14,17-18,29,31H,6-11,13H2,1H3/t18?,21-,22?/m0/s1. The highest BCUT2D eigenvalue weighted by molar-refractivity contribution is 7.07. The first kappa shape index (κ1) is 23.2. The molecule has 1 aromatic carbocycles. The fourth-order valence-electron chi connectivity index (χ4n) is 4.64. The summed E-state index contributed by atoms with van der Waals surface area (Å²) in [4.78, 5) is 19.6. The van der Waals surface area contributed by atoms with Gasteiger partial charge in [0.25, 0.3) is 5.91 Å². The molecule has 2 aromatic rings. The van der Waals surface area contributed by atoms with E-state index in [1.807, 2.05) is 10.3 Å². The summed E-state index contributed by atoms with van der Waals surface area (Å²) in [5.41, 5.74) is -0.666. The molecule has 174 valence electrons. The molecule has 32 heavy (non-hydrogen) atoms. The van der Waals surface area contributed by atoms with Crippen molar-refractivity contribution in [3.8, 4) is 0 Å². The van der Waals surface area contributed by atoms with E-state index in [0.29, 0.717) is 12.5 Å². The van der Waals surface area contributed by atoms with E-state index in [9.17, 15) is 28.2 Å². The van der Waals surface area contributed by atoms with Crippen LogP contribution in [0.1, 0.15) is 67.1 Å². The molecule has 1 amide bonds. The van der Waals surface area contributed by atoms with Crippen molar-refractivity contribution in [2.45, 2.75) is 74.7 Å². The Kier molecular flexibility index (Phi) is 6.11. The van der Waals surface area contributed by atoms with Gasteiger partial charge in [-0.05, 0) is 63.1 Å². The average molecular weight is 469 g/mol. The van der Waals surface area contributed by atoms with Gasteiger partial charge in [0, 0.05) is 28.4 Å². The summed E-state index contributed by atoms with van der Waals surface area (Å²) in [6.07, 6.45) is -0.0518. The number of halogens is 3. The summed E-state index contributed by atoms with van der Waals surface area (Å²) in [5.74, 6) is -0.194. The topological polar surface area (TPSA) is 73.7 Å². The molecule has 0 bridgehead atoms. The summed E-state index contributed by atoms with van der Waals surface area (Å²) in [6, 6.07) is 5.24. The number of alkyl halides is 3. The lowest BCUT2D eigenvalue weighted by Gasteiger charge is -2.42. The van der Waals surface area contributed by atoms with Crippen LogP contribution in [0.25, 0.3) is 0 Å². The first-order chi connectivity index (χ1) is 15.1. The second-order valence-corrected chi connectivity index (χ2v) is 9.85. The number of aliphatic hydroxyl groups is 2. The number of thiazole rings is 1. The Balaban J connectivity index is 1.50. The minimum absolute atomic E-state index is 0.0153. The number of benzene rings is 1. The second kappa shape index (κ2) is 8.43. The summed E-state index contributed by atoms with van der Waals surface area (Å²) < 4.78 is 39.3. The predicted molar refractivity (Wildman–Crippen MR) is 114 cm³/mol. The molecule has 1 heterocycles. The Hall–Kier alpha value is -1.97. The van der Waals surface area contributed by atoms with Gasteiger partial charge in [-0.1, -0.05) is 12.1 Å². The highest BCUT2D eigenvalue weighted by Crippen LogP contribution is 2.43. The van der Waals surface area contributed by atoms with Gasteiger partial charge in [-0.3, -0.25) is 4.79 Å². The summed E-state index contributed by atoms with van der Waals surface area (Å²) >= 11 is 1.50. The van der Waals surface area contributed by atoms with Crippen molar-refractivity contribution in [3.63, 3.8) is 0 Å². The van der Waals surface area contributed by atoms with Crippen molar-refractivity contribution in [2.24, 2.45) is 0 Å². The number of hydrogen-bond donors (Lipinski definition) is 2. The Labute approximate surface area is 188 Å². The van der Waals surface area contributed by atoms with Crippen molar-refractivity contribution in [1.82, 2.24) is 9.88 Å². The van der Waals surface area contributed by atoms with Crippen LogP contribution < -0.4 is 0 Å². The van der Waals surface area contributed by atoms with Gasteiger partial charge in [-0.15, -0.1) is 11.3 Å². The van der Waals surface area contributed by atoms with Crippen LogP contribution >= 0.6 is 11.3 Å². The van der Waals surface area contributed by atoms with E-state index in [1.165, 1.54) is 35.6 Å². The molecule has 5 nitrogen and oxygen atoms in total. The maximum atomic E-state index is 13.3. The molecule has 0 saturated heterocycles. The number of aromatic nitrogens is 1. The van der Waals surface area contributed by atoms with Gasteiger partial charge in [0.2, 0.25) is 0 Å². The molecule has 2 fully saturated rings. The molecular weight excluding hydrogens is 441 g/mol. The first-order valence-corrected chi connectivity index (χ1v) is 11.8. The summed E-state index contributed by atoms with van der Waals surface area (Å²) in [6.45, 7) is 0.722. The Bertz CT molecular complexity index is 932. The number of hydrogen-bond acceptors (Lipinski definition) is 5. The van der Waals surface area contributed by atoms with Crippen LogP contribution in [0.5, 0.6) is 0 Å². The third-order valence-electron chi connectivity index (χ3n) is 7.00. The summed E-state index contributed by atoms with van der Waals surface area (Å²) in [5, 5.41) is 21.9. The first-order valence-electron chi connectivity index (χ1n) is 10.8. The molecule has 2 aliphatic carbocycles. The average Bonchev–Trinajstić information content (AvgIpc) is 3.44. The fourth-order valence-corrected chi connectivity index (χ4v) is 5.31. The largest absolute Gasteiger partial charge is 0.421 e. The van der Waals surface area contributed by atoms with E-state index in [-0.39, 0.29) is 35.6 Å². The predicted octanol–water partition coefficient (Wildman–Crippen LogP) is 4.39. The van der Waals surface area contributed by atoms with Crippen LogP contribution in [0.15, 0.2) is 35.2 Å². The molecular formula is C23H27F3N2O3S. The van der Waals surface area contributed by atoms with E-state index in [2.05, 4.69) is 4.98 Å². The fraction of sp³-hybridized carbons (Fsp3) is 0.565. The van der Waals surface area contributed by atoms with Crippen molar-refractivity contribution in [2.75, 3.05) is 6.61 Å². The van der Waals surface area contributed by atoms with Gasteiger partial charge in [-0.25, -0.2) is 4.98 Å². The number of rotatable bonds is 6. The van der Waals surface area contributed by atoms with E-state index < -0.39 is 11.8 Å². The normalized spacial score (nSPS) is 25.9. The van der Waals surface area contributed by atoms with Crippen LogP contribution in [-0.2, 0) is 11.0 Å². The third-order valence-corrected chi connectivity index (χ3v) is 7.59. The van der Waals surface area contributed by atoms with Crippen molar-refractivity contribution >= 4 is 17.2 Å². The molecule has 2 N–H and O–H groups in total. The zero-order chi connectivity index (χ0) is 23.1. The maximum Gasteiger partial charge on any atom is 0.421 e. The van der Waals surface area contributed by atoms with Crippen LogP contribution in [-0.4, -0.2) is 50.9 Å². The van der Waals surface area contributed by atoms with Gasteiger partial charge >= 0.3 is 6.18 Å². The van der Waals surface area contributed by atoms with Crippen LogP contribution in [0, 0.1) is 0 Å². The Morgan fingerprint density at radius 2 is 1.75 bits per heavy atom. The second-order valence-electron chi connectivity index (χ2n) is 9.13. The molecule has 4 rings (SSSR count). The van der Waals surface area contributed by atoms with E-state index in [4.69, 9.17) is 0 Å². The highest BCUT2D eigenvalue weighted by atomic mass is 32.1. The number of carbonyl (C=O) groups excluding carboxylic acids is 1. The van der Waals surface area contributed by atoms with Gasteiger partial charge in [-0.2, -0.15) is 13.2 Å². The Morgan fingerprint density at radius 3 is 2.22 bits per heavy atom. The molecule has 2 aliphatic rings. The molecule has 9 heteroatoms. The van der Waals surface area contributed by atoms with Crippen LogP contribution in [0.3, 0.4) is 0 Å². The lowest BCUT2D eigenvalue weighted by Crippen LogP contribution is -2.47. The molecule has 0 spiro atoms. The molecule has 1 atom stereocenters. The summed E-state index contributed by atoms with van der Waals surface area (Å²) in [7, 11) is 0. The van der Waals surface area contributed by atoms with Gasteiger partial charge < -0.3 is 15.1 Å². The lowest BCUT2D eigenvalue weighted by atomic mass is 9.71. The van der Waals surface area contributed by atoms with Gasteiger partial charge in [0.15, 0.2) is 5.60 Å². The van der Waals surface area contributed by atoms with E-state index in [1.54, 1.807) is 5.51 Å². The lowest BCUT2D eigenvalue weighted by molar-refractivity contribution is -0.258.